The Hall–Kier alpha value is -2.66. The molecule has 0 spiro atoms. The van der Waals surface area contributed by atoms with Crippen LogP contribution in [0.4, 0.5) is 0 Å². The van der Waals surface area contributed by atoms with Crippen LogP contribution in [-0.2, 0) is 10.2 Å². The number of amides is 1. The highest BCUT2D eigenvalue weighted by Gasteiger charge is 2.37. The highest BCUT2D eigenvalue weighted by Crippen LogP contribution is 2.38. The first kappa shape index (κ1) is 22.5. The van der Waals surface area contributed by atoms with Crippen molar-refractivity contribution in [2.24, 2.45) is 5.73 Å². The lowest BCUT2D eigenvalue weighted by atomic mass is 9.81. The van der Waals surface area contributed by atoms with Crippen LogP contribution in [0.25, 0.3) is 22.2 Å². The molecule has 3 heterocycles. The molecule has 1 unspecified atom stereocenters. The number of nitrogens with one attached hydrogen (secondary N) is 1. The van der Waals surface area contributed by atoms with Crippen LogP contribution in [0.15, 0.2) is 36.5 Å². The molecule has 3 aromatic rings. The molecule has 2 aromatic heterocycles. The Morgan fingerprint density at radius 1 is 1.25 bits per heavy atom. The molecule has 32 heavy (non-hydrogen) atoms. The molecule has 5 heteroatoms. The number of aromatic nitrogens is 2. The molecule has 0 aliphatic carbocycles. The molecular weight excluding hydrogens is 396 g/mol. The van der Waals surface area contributed by atoms with Gasteiger partial charge in [-0.3, -0.25) is 9.78 Å². The van der Waals surface area contributed by atoms with Crippen molar-refractivity contribution in [2.45, 2.75) is 71.3 Å². The van der Waals surface area contributed by atoms with Crippen molar-refractivity contribution >= 4 is 16.8 Å². The number of benzene rings is 1. The lowest BCUT2D eigenvalue weighted by molar-refractivity contribution is -0.139. The number of carbonyl (C=O) groups excluding carboxylic acids is 1. The summed E-state index contributed by atoms with van der Waals surface area (Å²) in [6.45, 7) is 11.9. The molecule has 1 amide bonds. The number of piperidine rings is 1. The van der Waals surface area contributed by atoms with Crippen LogP contribution in [0.3, 0.4) is 0 Å². The Labute approximate surface area is 191 Å². The van der Waals surface area contributed by atoms with E-state index >= 15 is 0 Å². The summed E-state index contributed by atoms with van der Waals surface area (Å²) in [5.41, 5.74) is 12.1. The van der Waals surface area contributed by atoms with Crippen LogP contribution >= 0.6 is 0 Å². The molecule has 1 saturated heterocycles. The van der Waals surface area contributed by atoms with Gasteiger partial charge in [0.15, 0.2) is 0 Å². The number of rotatable bonds is 5. The SMILES string of the molecule is Cc1cc(-c2[nH]c3ccc(C(C)(C)C(=O)N4CCCCC4CN)cc3c2C(C)C)ccn1. The van der Waals surface area contributed by atoms with Gasteiger partial charge in [-0.2, -0.15) is 0 Å². The number of nitrogens with two attached hydrogens (primary N) is 1. The number of nitrogens with zero attached hydrogens (tertiary/aromatic N) is 2. The first-order valence-electron chi connectivity index (χ1n) is 11.8. The Kier molecular flexibility index (Phi) is 6.13. The minimum absolute atomic E-state index is 0.152. The normalized spacial score (nSPS) is 17.3. The molecule has 4 rings (SSSR count). The van der Waals surface area contributed by atoms with E-state index in [9.17, 15) is 4.79 Å². The number of hydrogen-bond donors (Lipinski definition) is 2. The smallest absolute Gasteiger partial charge is 0.232 e. The topological polar surface area (TPSA) is 75.0 Å². The lowest BCUT2D eigenvalue weighted by Crippen LogP contribution is -2.53. The maximum atomic E-state index is 13.7. The quantitative estimate of drug-likeness (QED) is 0.576. The van der Waals surface area contributed by atoms with Gasteiger partial charge in [-0.05, 0) is 81.3 Å². The lowest BCUT2D eigenvalue weighted by Gasteiger charge is -2.40. The molecule has 5 nitrogen and oxygen atoms in total. The van der Waals surface area contributed by atoms with E-state index in [-0.39, 0.29) is 11.9 Å². The van der Waals surface area contributed by atoms with E-state index in [1.807, 2.05) is 31.9 Å². The minimum atomic E-state index is -0.613. The van der Waals surface area contributed by atoms with E-state index in [4.69, 9.17) is 5.73 Å². The number of fused-ring (bicyclic) bond motifs is 1. The molecule has 170 valence electrons. The fourth-order valence-corrected chi connectivity index (χ4v) is 5.13. The number of aryl methyl sites for hydroxylation is 1. The van der Waals surface area contributed by atoms with Crippen LogP contribution in [0.2, 0.25) is 0 Å². The number of aromatic amines is 1. The van der Waals surface area contributed by atoms with Crippen LogP contribution in [0.1, 0.15) is 69.7 Å². The minimum Gasteiger partial charge on any atom is -0.354 e. The van der Waals surface area contributed by atoms with Crippen molar-refractivity contribution in [3.63, 3.8) is 0 Å². The molecule has 1 aliphatic rings. The average molecular weight is 433 g/mol. The standard InChI is InChI=1S/C27H36N4O/c1-17(2)24-22-15-20(27(4,5)26(32)31-13-7-6-8-21(31)16-28)9-10-23(22)30-25(24)19-11-12-29-18(3)14-19/h9-12,14-15,17,21,30H,6-8,13,16,28H2,1-5H3. The highest BCUT2D eigenvalue weighted by molar-refractivity contribution is 5.94. The summed E-state index contributed by atoms with van der Waals surface area (Å²) in [7, 11) is 0. The van der Waals surface area contributed by atoms with Crippen molar-refractivity contribution in [3.8, 4) is 11.3 Å². The molecule has 1 fully saturated rings. The summed E-state index contributed by atoms with van der Waals surface area (Å²) >= 11 is 0. The zero-order chi connectivity index (χ0) is 23.0. The van der Waals surface area contributed by atoms with Crippen molar-refractivity contribution in [1.82, 2.24) is 14.9 Å². The van der Waals surface area contributed by atoms with E-state index in [2.05, 4.69) is 54.1 Å². The fourth-order valence-electron chi connectivity index (χ4n) is 5.13. The number of likely N-dealkylation sites (tertiary alicyclic amines) is 1. The van der Waals surface area contributed by atoms with Gasteiger partial charge in [-0.25, -0.2) is 0 Å². The molecule has 0 bridgehead atoms. The largest absolute Gasteiger partial charge is 0.354 e. The molecule has 3 N–H and O–H groups in total. The average Bonchev–Trinajstić information content (AvgIpc) is 3.17. The van der Waals surface area contributed by atoms with E-state index < -0.39 is 5.41 Å². The number of pyridine rings is 1. The molecule has 1 atom stereocenters. The van der Waals surface area contributed by atoms with Gasteiger partial charge in [0, 0.05) is 47.5 Å². The van der Waals surface area contributed by atoms with Crippen LogP contribution < -0.4 is 5.73 Å². The van der Waals surface area contributed by atoms with Gasteiger partial charge in [-0.15, -0.1) is 0 Å². The third kappa shape index (κ3) is 3.95. The van der Waals surface area contributed by atoms with Crippen LogP contribution in [0.5, 0.6) is 0 Å². The summed E-state index contributed by atoms with van der Waals surface area (Å²) < 4.78 is 0. The van der Waals surface area contributed by atoms with Crippen molar-refractivity contribution in [1.29, 1.82) is 0 Å². The second-order valence-electron chi connectivity index (χ2n) is 10.0. The first-order valence-corrected chi connectivity index (χ1v) is 11.8. The zero-order valence-corrected chi connectivity index (χ0v) is 20.0. The van der Waals surface area contributed by atoms with Gasteiger partial charge in [0.25, 0.3) is 0 Å². The highest BCUT2D eigenvalue weighted by atomic mass is 16.2. The summed E-state index contributed by atoms with van der Waals surface area (Å²) in [5.74, 6) is 0.517. The van der Waals surface area contributed by atoms with E-state index in [1.165, 1.54) is 10.9 Å². The van der Waals surface area contributed by atoms with Gasteiger partial charge < -0.3 is 15.6 Å². The molecule has 0 saturated carbocycles. The monoisotopic (exact) mass is 432 g/mol. The van der Waals surface area contributed by atoms with Gasteiger partial charge in [0.05, 0.1) is 11.1 Å². The summed E-state index contributed by atoms with van der Waals surface area (Å²) in [6.07, 6.45) is 5.07. The fraction of sp³-hybridized carbons (Fsp3) is 0.481. The molecule has 0 radical (unpaired) electrons. The van der Waals surface area contributed by atoms with Crippen molar-refractivity contribution in [3.05, 3.63) is 53.3 Å². The third-order valence-electron chi connectivity index (χ3n) is 7.02. The molecule has 1 aromatic carbocycles. The summed E-state index contributed by atoms with van der Waals surface area (Å²) in [6, 6.07) is 10.8. The second-order valence-corrected chi connectivity index (χ2v) is 10.0. The summed E-state index contributed by atoms with van der Waals surface area (Å²) in [4.78, 5) is 23.7. The van der Waals surface area contributed by atoms with E-state index in [0.717, 1.165) is 53.8 Å². The van der Waals surface area contributed by atoms with Gasteiger partial charge >= 0.3 is 0 Å². The Morgan fingerprint density at radius 2 is 2.03 bits per heavy atom. The maximum Gasteiger partial charge on any atom is 0.232 e. The maximum absolute atomic E-state index is 13.7. The van der Waals surface area contributed by atoms with E-state index in [0.29, 0.717) is 12.5 Å². The Bertz CT molecular complexity index is 1130. The number of carbonyl (C=O) groups is 1. The number of H-pyrrole nitrogens is 1. The van der Waals surface area contributed by atoms with Crippen molar-refractivity contribution in [2.75, 3.05) is 13.1 Å². The Morgan fingerprint density at radius 3 is 2.72 bits per heavy atom. The Balaban J connectivity index is 1.79. The van der Waals surface area contributed by atoms with Crippen molar-refractivity contribution < 1.29 is 4.79 Å². The van der Waals surface area contributed by atoms with Gasteiger partial charge in [0.2, 0.25) is 5.91 Å². The van der Waals surface area contributed by atoms with Gasteiger partial charge in [-0.1, -0.05) is 19.9 Å². The van der Waals surface area contributed by atoms with Gasteiger partial charge in [0.1, 0.15) is 0 Å². The van der Waals surface area contributed by atoms with Crippen LogP contribution in [0, 0.1) is 6.92 Å². The van der Waals surface area contributed by atoms with E-state index in [1.54, 1.807) is 0 Å². The zero-order valence-electron chi connectivity index (χ0n) is 20.0. The second kappa shape index (κ2) is 8.70. The van der Waals surface area contributed by atoms with Crippen LogP contribution in [-0.4, -0.2) is 39.9 Å². The predicted molar refractivity (Wildman–Crippen MR) is 132 cm³/mol. The predicted octanol–water partition coefficient (Wildman–Crippen LogP) is 5.28. The first-order chi connectivity index (χ1) is 15.2. The third-order valence-corrected chi connectivity index (χ3v) is 7.02. The molecular formula is C27H36N4O. The number of hydrogen-bond acceptors (Lipinski definition) is 3. The molecule has 1 aliphatic heterocycles. The summed E-state index contributed by atoms with van der Waals surface area (Å²) in [5, 5.41) is 1.19.